The lowest BCUT2D eigenvalue weighted by Gasteiger charge is -2.20. The Morgan fingerprint density at radius 3 is 2.00 bits per heavy atom. The van der Waals surface area contributed by atoms with E-state index in [1.807, 2.05) is 0 Å². The maximum atomic E-state index is 12.0. The van der Waals surface area contributed by atoms with Crippen molar-refractivity contribution in [1.29, 1.82) is 0 Å². The minimum atomic E-state index is -1.05. The Kier molecular flexibility index (Phi) is 2.24. The summed E-state index contributed by atoms with van der Waals surface area (Å²) in [5, 5.41) is 9.02. The molecule has 4 nitrogen and oxygen atoms in total. The Morgan fingerprint density at radius 1 is 1.20 bits per heavy atom. The van der Waals surface area contributed by atoms with Gasteiger partial charge in [0.1, 0.15) is 5.41 Å². The average molecular weight is 211 g/mol. The summed E-state index contributed by atoms with van der Waals surface area (Å²) in [6.07, 6.45) is 1.03. The van der Waals surface area contributed by atoms with Gasteiger partial charge in [0.2, 0.25) is 5.91 Å². The van der Waals surface area contributed by atoms with Crippen LogP contribution in [0.3, 0.4) is 0 Å². The monoisotopic (exact) mass is 211 g/mol. The molecular weight excluding hydrogens is 194 g/mol. The second-order valence-corrected chi connectivity index (χ2v) is 5.05. The van der Waals surface area contributed by atoms with Gasteiger partial charge in [0.05, 0.1) is 0 Å². The maximum Gasteiger partial charge on any atom is 0.319 e. The van der Waals surface area contributed by atoms with E-state index in [0.717, 1.165) is 13.1 Å². The molecule has 0 radical (unpaired) electrons. The van der Waals surface area contributed by atoms with Crippen molar-refractivity contribution in [3.05, 3.63) is 0 Å². The number of aliphatic carboxylic acids is 1. The van der Waals surface area contributed by atoms with E-state index in [0.29, 0.717) is 24.7 Å². The van der Waals surface area contributed by atoms with E-state index in [1.54, 1.807) is 4.90 Å². The smallest absolute Gasteiger partial charge is 0.319 e. The van der Waals surface area contributed by atoms with Gasteiger partial charge in [0.25, 0.3) is 0 Å². The quantitative estimate of drug-likeness (QED) is 0.692. The van der Waals surface area contributed by atoms with Crippen molar-refractivity contribution in [3.63, 3.8) is 0 Å². The van der Waals surface area contributed by atoms with Gasteiger partial charge in [-0.2, -0.15) is 0 Å². The van der Waals surface area contributed by atoms with E-state index in [4.69, 9.17) is 5.11 Å². The first-order valence-corrected chi connectivity index (χ1v) is 5.50. The normalized spacial score (nSPS) is 32.8. The fourth-order valence-corrected chi connectivity index (χ4v) is 2.24. The summed E-state index contributed by atoms with van der Waals surface area (Å²) in [5.74, 6) is -0.136. The summed E-state index contributed by atoms with van der Waals surface area (Å²) in [7, 11) is 0. The van der Waals surface area contributed by atoms with Crippen LogP contribution in [0.25, 0.3) is 0 Å². The molecule has 2 unspecified atom stereocenters. The number of hydrogen-bond acceptors (Lipinski definition) is 2. The molecule has 0 bridgehead atoms. The molecule has 1 heterocycles. The van der Waals surface area contributed by atoms with Crippen LogP contribution in [0, 0.1) is 17.3 Å². The largest absolute Gasteiger partial charge is 0.480 e. The van der Waals surface area contributed by atoms with E-state index >= 15 is 0 Å². The molecule has 2 atom stereocenters. The van der Waals surface area contributed by atoms with Gasteiger partial charge in [-0.1, -0.05) is 13.8 Å². The molecule has 0 aromatic heterocycles. The average Bonchev–Trinajstić information content (AvgIpc) is 2.90. The Morgan fingerprint density at radius 2 is 1.67 bits per heavy atom. The van der Waals surface area contributed by atoms with Crippen molar-refractivity contribution in [3.8, 4) is 0 Å². The van der Waals surface area contributed by atoms with Crippen molar-refractivity contribution in [1.82, 2.24) is 4.90 Å². The molecule has 1 N–H and O–H groups in total. The number of likely N-dealkylation sites (tertiary alicyclic amines) is 1. The number of carbonyl (C=O) groups is 2. The number of carbonyl (C=O) groups excluding carboxylic acids is 1. The maximum absolute atomic E-state index is 12.0. The predicted molar refractivity (Wildman–Crippen MR) is 54.2 cm³/mol. The standard InChI is InChI=1S/C11H17NO3/c1-7-5-12(6-8(7)2)9(13)11(3-4-11)10(14)15/h7-8H,3-6H2,1-2H3,(H,14,15). The zero-order valence-electron chi connectivity index (χ0n) is 9.19. The second kappa shape index (κ2) is 3.22. The van der Waals surface area contributed by atoms with Crippen molar-refractivity contribution < 1.29 is 14.7 Å². The van der Waals surface area contributed by atoms with Crippen molar-refractivity contribution >= 4 is 11.9 Å². The summed E-state index contributed by atoms with van der Waals surface area (Å²) in [6, 6.07) is 0. The first kappa shape index (κ1) is 10.5. The Bertz CT molecular complexity index is 299. The van der Waals surface area contributed by atoms with Gasteiger partial charge in [-0.25, -0.2) is 0 Å². The number of hydrogen-bond donors (Lipinski definition) is 1. The third kappa shape index (κ3) is 1.52. The van der Waals surface area contributed by atoms with Crippen LogP contribution in [-0.4, -0.2) is 35.0 Å². The fourth-order valence-electron chi connectivity index (χ4n) is 2.24. The molecule has 2 aliphatic rings. The molecule has 1 saturated heterocycles. The summed E-state index contributed by atoms with van der Waals surface area (Å²) in [4.78, 5) is 24.7. The Hall–Kier alpha value is -1.06. The van der Waals surface area contributed by atoms with Crippen LogP contribution < -0.4 is 0 Å². The van der Waals surface area contributed by atoms with Crippen LogP contribution >= 0.6 is 0 Å². The van der Waals surface area contributed by atoms with Crippen molar-refractivity contribution in [2.24, 2.45) is 17.3 Å². The number of amides is 1. The highest BCUT2D eigenvalue weighted by atomic mass is 16.4. The van der Waals surface area contributed by atoms with Crippen LogP contribution in [0.1, 0.15) is 26.7 Å². The third-order valence-electron chi connectivity index (χ3n) is 3.84. The highest BCUT2D eigenvalue weighted by Crippen LogP contribution is 2.48. The van der Waals surface area contributed by atoms with Gasteiger partial charge in [-0.3, -0.25) is 9.59 Å². The lowest BCUT2D eigenvalue weighted by Crippen LogP contribution is -2.39. The molecular formula is C11H17NO3. The topological polar surface area (TPSA) is 57.6 Å². The molecule has 1 aliphatic carbocycles. The minimum Gasteiger partial charge on any atom is -0.480 e. The molecule has 0 aromatic carbocycles. The summed E-state index contributed by atoms with van der Waals surface area (Å²) < 4.78 is 0. The Labute approximate surface area is 89.3 Å². The predicted octanol–water partition coefficient (Wildman–Crippen LogP) is 0.966. The van der Waals surface area contributed by atoms with E-state index in [2.05, 4.69) is 13.8 Å². The lowest BCUT2D eigenvalue weighted by molar-refractivity contribution is -0.153. The minimum absolute atomic E-state index is 0.161. The summed E-state index contributed by atoms with van der Waals surface area (Å²) >= 11 is 0. The van der Waals surface area contributed by atoms with Crippen LogP contribution in [0.15, 0.2) is 0 Å². The number of carboxylic acids is 1. The molecule has 0 aromatic rings. The molecule has 2 rings (SSSR count). The van der Waals surface area contributed by atoms with Crippen LogP contribution in [0.2, 0.25) is 0 Å². The number of nitrogens with zero attached hydrogens (tertiary/aromatic N) is 1. The first-order valence-electron chi connectivity index (χ1n) is 5.50. The van der Waals surface area contributed by atoms with Crippen molar-refractivity contribution in [2.45, 2.75) is 26.7 Å². The highest BCUT2D eigenvalue weighted by Gasteiger charge is 2.59. The fraction of sp³-hybridized carbons (Fsp3) is 0.818. The van der Waals surface area contributed by atoms with Crippen LogP contribution in [0.5, 0.6) is 0 Å². The van der Waals surface area contributed by atoms with E-state index in [1.165, 1.54) is 0 Å². The van der Waals surface area contributed by atoms with Gasteiger partial charge >= 0.3 is 5.97 Å². The highest BCUT2D eigenvalue weighted by molar-refractivity contribution is 6.04. The molecule has 0 spiro atoms. The molecule has 4 heteroatoms. The summed E-state index contributed by atoms with van der Waals surface area (Å²) in [6.45, 7) is 5.65. The lowest BCUT2D eigenvalue weighted by atomic mass is 10.0. The van der Waals surface area contributed by atoms with Crippen LogP contribution in [-0.2, 0) is 9.59 Å². The molecule has 1 saturated carbocycles. The zero-order chi connectivity index (χ0) is 11.2. The van der Waals surface area contributed by atoms with Gasteiger partial charge in [-0.05, 0) is 24.7 Å². The number of rotatable bonds is 2. The number of carboxylic acid groups (broad SMARTS) is 1. The summed E-state index contributed by atoms with van der Waals surface area (Å²) in [5.41, 5.74) is -1.05. The molecule has 1 aliphatic heterocycles. The third-order valence-corrected chi connectivity index (χ3v) is 3.84. The van der Waals surface area contributed by atoms with Gasteiger partial charge in [-0.15, -0.1) is 0 Å². The molecule has 2 fully saturated rings. The van der Waals surface area contributed by atoms with Crippen LogP contribution in [0.4, 0.5) is 0 Å². The van der Waals surface area contributed by atoms with Gasteiger partial charge in [0, 0.05) is 13.1 Å². The SMILES string of the molecule is CC1CN(C(=O)C2(C(=O)O)CC2)CC1C. The first-order chi connectivity index (χ1) is 6.97. The van der Waals surface area contributed by atoms with E-state index in [-0.39, 0.29) is 5.91 Å². The van der Waals surface area contributed by atoms with E-state index in [9.17, 15) is 9.59 Å². The van der Waals surface area contributed by atoms with Crippen molar-refractivity contribution in [2.75, 3.05) is 13.1 Å². The van der Waals surface area contributed by atoms with Gasteiger partial charge < -0.3 is 10.0 Å². The Balaban J connectivity index is 2.07. The second-order valence-electron chi connectivity index (χ2n) is 5.05. The molecule has 84 valence electrons. The molecule has 15 heavy (non-hydrogen) atoms. The van der Waals surface area contributed by atoms with E-state index < -0.39 is 11.4 Å². The zero-order valence-corrected chi connectivity index (χ0v) is 9.19. The van der Waals surface area contributed by atoms with Gasteiger partial charge in [0.15, 0.2) is 0 Å². The molecule has 1 amide bonds.